The van der Waals surface area contributed by atoms with E-state index >= 15 is 0 Å². The lowest BCUT2D eigenvalue weighted by atomic mass is 10.1. The molecule has 0 bridgehead atoms. The summed E-state index contributed by atoms with van der Waals surface area (Å²) in [5.41, 5.74) is 1.13. The lowest BCUT2D eigenvalue weighted by molar-refractivity contribution is -0.138. The monoisotopic (exact) mass is 278 g/mol. The average Bonchev–Trinajstić information content (AvgIpc) is 2.44. The van der Waals surface area contributed by atoms with Crippen molar-refractivity contribution in [1.29, 1.82) is 0 Å². The standard InChI is InChI=1S/C14H18N2O4/c17-12(6-7-13(18)16-10-14(19)20)15-9-8-11-4-2-1-3-5-11/h1-5H,6-10H2,(H,15,17)(H,16,18)(H,19,20). The molecule has 0 aliphatic rings. The van der Waals surface area contributed by atoms with Crippen molar-refractivity contribution in [3.63, 3.8) is 0 Å². The highest BCUT2D eigenvalue weighted by molar-refractivity contribution is 5.85. The number of aliphatic carboxylic acids is 1. The van der Waals surface area contributed by atoms with Gasteiger partial charge in [-0.05, 0) is 12.0 Å². The second kappa shape index (κ2) is 8.68. The van der Waals surface area contributed by atoms with E-state index < -0.39 is 18.4 Å². The summed E-state index contributed by atoms with van der Waals surface area (Å²) in [6, 6.07) is 9.75. The summed E-state index contributed by atoms with van der Waals surface area (Å²) < 4.78 is 0. The minimum Gasteiger partial charge on any atom is -0.480 e. The molecule has 6 nitrogen and oxygen atoms in total. The molecule has 0 aliphatic carbocycles. The van der Waals surface area contributed by atoms with E-state index in [-0.39, 0.29) is 18.7 Å². The largest absolute Gasteiger partial charge is 0.480 e. The first-order valence-electron chi connectivity index (χ1n) is 6.37. The van der Waals surface area contributed by atoms with Crippen molar-refractivity contribution in [1.82, 2.24) is 10.6 Å². The van der Waals surface area contributed by atoms with E-state index in [0.717, 1.165) is 12.0 Å². The van der Waals surface area contributed by atoms with Crippen LogP contribution in [0.25, 0.3) is 0 Å². The van der Waals surface area contributed by atoms with E-state index in [9.17, 15) is 14.4 Å². The number of hydrogen-bond donors (Lipinski definition) is 3. The van der Waals surface area contributed by atoms with Crippen LogP contribution in [-0.2, 0) is 20.8 Å². The third-order valence-electron chi connectivity index (χ3n) is 2.59. The third kappa shape index (κ3) is 7.15. The molecular formula is C14H18N2O4. The van der Waals surface area contributed by atoms with Crippen LogP contribution in [-0.4, -0.2) is 36.0 Å². The van der Waals surface area contributed by atoms with Crippen molar-refractivity contribution in [3.8, 4) is 0 Å². The highest BCUT2D eigenvalue weighted by Gasteiger charge is 2.07. The molecule has 20 heavy (non-hydrogen) atoms. The van der Waals surface area contributed by atoms with Gasteiger partial charge in [-0.25, -0.2) is 0 Å². The van der Waals surface area contributed by atoms with Crippen molar-refractivity contribution < 1.29 is 19.5 Å². The van der Waals surface area contributed by atoms with Gasteiger partial charge in [0.05, 0.1) is 0 Å². The van der Waals surface area contributed by atoms with Gasteiger partial charge in [-0.1, -0.05) is 30.3 Å². The number of carboxylic acids is 1. The molecule has 0 aliphatic heterocycles. The Labute approximate surface area is 117 Å². The minimum absolute atomic E-state index is 0.00947. The summed E-state index contributed by atoms with van der Waals surface area (Å²) in [7, 11) is 0. The van der Waals surface area contributed by atoms with Crippen molar-refractivity contribution in [2.45, 2.75) is 19.3 Å². The van der Waals surface area contributed by atoms with Crippen LogP contribution < -0.4 is 10.6 Å². The molecule has 0 aromatic heterocycles. The maximum Gasteiger partial charge on any atom is 0.322 e. The van der Waals surface area contributed by atoms with Gasteiger partial charge in [0.1, 0.15) is 6.54 Å². The highest BCUT2D eigenvalue weighted by atomic mass is 16.4. The van der Waals surface area contributed by atoms with E-state index in [2.05, 4.69) is 10.6 Å². The van der Waals surface area contributed by atoms with Crippen molar-refractivity contribution in [2.24, 2.45) is 0 Å². The first-order valence-corrected chi connectivity index (χ1v) is 6.37. The molecule has 0 saturated carbocycles. The summed E-state index contributed by atoms with van der Waals surface area (Å²) in [6.07, 6.45) is 0.780. The topological polar surface area (TPSA) is 95.5 Å². The van der Waals surface area contributed by atoms with Gasteiger partial charge in [0, 0.05) is 19.4 Å². The molecule has 108 valence electrons. The number of nitrogens with one attached hydrogen (secondary N) is 2. The Balaban J connectivity index is 2.11. The van der Waals surface area contributed by atoms with E-state index in [1.807, 2.05) is 30.3 Å². The van der Waals surface area contributed by atoms with Gasteiger partial charge in [0.25, 0.3) is 0 Å². The van der Waals surface area contributed by atoms with Gasteiger partial charge in [0.2, 0.25) is 11.8 Å². The molecule has 1 aromatic rings. The van der Waals surface area contributed by atoms with Gasteiger partial charge in [-0.3, -0.25) is 14.4 Å². The molecule has 0 atom stereocenters. The Bertz CT molecular complexity index is 460. The summed E-state index contributed by atoms with van der Waals surface area (Å²) in [4.78, 5) is 32.9. The Morgan fingerprint density at radius 3 is 2.15 bits per heavy atom. The number of carbonyl (C=O) groups is 3. The molecule has 0 radical (unpaired) electrons. The van der Waals surface area contributed by atoms with E-state index in [1.165, 1.54) is 0 Å². The first kappa shape index (κ1) is 15.7. The second-order valence-electron chi connectivity index (χ2n) is 4.26. The Hall–Kier alpha value is -2.37. The molecule has 0 spiro atoms. The SMILES string of the molecule is O=C(O)CNC(=O)CCC(=O)NCCc1ccccc1. The zero-order valence-electron chi connectivity index (χ0n) is 11.1. The molecule has 0 fully saturated rings. The summed E-state index contributed by atoms with van der Waals surface area (Å²) in [6.45, 7) is 0.0913. The maximum atomic E-state index is 11.5. The number of amides is 2. The summed E-state index contributed by atoms with van der Waals surface area (Å²) in [5, 5.41) is 13.3. The fourth-order valence-corrected chi connectivity index (χ4v) is 1.57. The molecular weight excluding hydrogens is 260 g/mol. The lowest BCUT2D eigenvalue weighted by Gasteiger charge is -2.05. The van der Waals surface area contributed by atoms with E-state index in [1.54, 1.807) is 0 Å². The van der Waals surface area contributed by atoms with Crippen LogP contribution in [0.3, 0.4) is 0 Å². The smallest absolute Gasteiger partial charge is 0.322 e. The minimum atomic E-state index is -1.11. The maximum absolute atomic E-state index is 11.5. The van der Waals surface area contributed by atoms with Crippen molar-refractivity contribution in [2.75, 3.05) is 13.1 Å². The van der Waals surface area contributed by atoms with Gasteiger partial charge < -0.3 is 15.7 Å². The quantitative estimate of drug-likeness (QED) is 0.638. The zero-order valence-corrected chi connectivity index (χ0v) is 11.1. The van der Waals surface area contributed by atoms with Gasteiger partial charge in [-0.2, -0.15) is 0 Å². The fourth-order valence-electron chi connectivity index (χ4n) is 1.57. The molecule has 1 aromatic carbocycles. The van der Waals surface area contributed by atoms with Crippen LogP contribution in [0.15, 0.2) is 30.3 Å². The molecule has 1 rings (SSSR count). The molecule has 0 saturated heterocycles. The molecule has 6 heteroatoms. The van der Waals surface area contributed by atoms with Crippen LogP contribution in [0.1, 0.15) is 18.4 Å². The number of benzene rings is 1. The predicted molar refractivity (Wildman–Crippen MR) is 73.0 cm³/mol. The third-order valence-corrected chi connectivity index (χ3v) is 2.59. The molecule has 3 N–H and O–H groups in total. The van der Waals surface area contributed by atoms with Crippen molar-refractivity contribution >= 4 is 17.8 Å². The Morgan fingerprint density at radius 1 is 0.950 bits per heavy atom. The first-order chi connectivity index (χ1) is 9.58. The number of hydrogen-bond acceptors (Lipinski definition) is 3. The van der Waals surface area contributed by atoms with Gasteiger partial charge in [0.15, 0.2) is 0 Å². The second-order valence-corrected chi connectivity index (χ2v) is 4.26. The fraction of sp³-hybridized carbons (Fsp3) is 0.357. The van der Waals surface area contributed by atoms with Gasteiger partial charge in [-0.15, -0.1) is 0 Å². The average molecular weight is 278 g/mol. The lowest BCUT2D eigenvalue weighted by Crippen LogP contribution is -2.31. The van der Waals surface area contributed by atoms with Gasteiger partial charge >= 0.3 is 5.97 Å². The molecule has 0 unspecified atom stereocenters. The van der Waals surface area contributed by atoms with Crippen LogP contribution in [0.2, 0.25) is 0 Å². The Kier molecular flexibility index (Phi) is 6.81. The van der Waals surface area contributed by atoms with E-state index in [0.29, 0.717) is 6.54 Å². The summed E-state index contributed by atoms with van der Waals surface area (Å²) in [5.74, 6) is -1.76. The number of carboxylic acid groups (broad SMARTS) is 1. The predicted octanol–water partition coefficient (Wildman–Crippen LogP) is 0.326. The van der Waals surface area contributed by atoms with E-state index in [4.69, 9.17) is 5.11 Å². The highest BCUT2D eigenvalue weighted by Crippen LogP contribution is 1.98. The normalized spacial score (nSPS) is 9.80. The number of rotatable bonds is 8. The Morgan fingerprint density at radius 2 is 1.55 bits per heavy atom. The summed E-state index contributed by atoms with van der Waals surface area (Å²) >= 11 is 0. The zero-order chi connectivity index (χ0) is 14.8. The molecule has 0 heterocycles. The van der Waals surface area contributed by atoms with Crippen LogP contribution in [0.5, 0.6) is 0 Å². The van der Waals surface area contributed by atoms with Crippen molar-refractivity contribution in [3.05, 3.63) is 35.9 Å². The molecule has 2 amide bonds. The van der Waals surface area contributed by atoms with Crippen LogP contribution in [0.4, 0.5) is 0 Å². The number of carbonyl (C=O) groups excluding carboxylic acids is 2. The van der Waals surface area contributed by atoms with Crippen LogP contribution in [0, 0.1) is 0 Å². The van der Waals surface area contributed by atoms with Crippen LogP contribution >= 0.6 is 0 Å².